The van der Waals surface area contributed by atoms with Crippen LogP contribution in [0.4, 0.5) is 0 Å². The lowest BCUT2D eigenvalue weighted by Crippen LogP contribution is -1.99. The third-order valence-corrected chi connectivity index (χ3v) is 1.81. The van der Waals surface area contributed by atoms with Crippen molar-refractivity contribution < 1.29 is 4.74 Å². The molecular weight excluding hydrogens is 194 g/mol. The number of hydrogen-bond donors (Lipinski definition) is 1. The van der Waals surface area contributed by atoms with Crippen LogP contribution in [0.3, 0.4) is 0 Å². The molecule has 0 radical (unpaired) electrons. The Labute approximate surface area is 86.7 Å². The van der Waals surface area contributed by atoms with E-state index in [-0.39, 0.29) is 0 Å². The standard InChI is InChI=1S/C9H11N5O/c1-14-6-8(5-13-14)15-9-11-3-7(2-10)4-12-9/h3-6H,2,10H2,1H3. The molecular formula is C9H11N5O. The Hall–Kier alpha value is -1.95. The summed E-state index contributed by atoms with van der Waals surface area (Å²) < 4.78 is 6.99. The highest BCUT2D eigenvalue weighted by Gasteiger charge is 2.01. The van der Waals surface area contributed by atoms with Gasteiger partial charge in [-0.1, -0.05) is 0 Å². The molecule has 0 saturated carbocycles. The Kier molecular flexibility index (Phi) is 2.59. The highest BCUT2D eigenvalue weighted by molar-refractivity contribution is 5.17. The zero-order valence-electron chi connectivity index (χ0n) is 8.29. The molecule has 0 saturated heterocycles. The fourth-order valence-corrected chi connectivity index (χ4v) is 1.06. The number of ether oxygens (including phenoxy) is 1. The molecule has 15 heavy (non-hydrogen) atoms. The first-order chi connectivity index (χ1) is 7.28. The second kappa shape index (κ2) is 4.05. The van der Waals surface area contributed by atoms with Crippen LogP contribution < -0.4 is 10.5 Å². The van der Waals surface area contributed by atoms with Crippen molar-refractivity contribution in [1.82, 2.24) is 19.7 Å². The first-order valence-corrected chi connectivity index (χ1v) is 4.45. The average molecular weight is 205 g/mol. The van der Waals surface area contributed by atoms with Crippen LogP contribution in [0.2, 0.25) is 0 Å². The lowest BCUT2D eigenvalue weighted by Gasteiger charge is -2.00. The smallest absolute Gasteiger partial charge is 0.321 e. The van der Waals surface area contributed by atoms with E-state index >= 15 is 0 Å². The summed E-state index contributed by atoms with van der Waals surface area (Å²) in [5, 5.41) is 3.96. The highest BCUT2D eigenvalue weighted by atomic mass is 16.5. The fraction of sp³-hybridized carbons (Fsp3) is 0.222. The second-order valence-corrected chi connectivity index (χ2v) is 3.03. The minimum Gasteiger partial charge on any atom is -0.421 e. The number of nitrogens with two attached hydrogens (primary N) is 1. The van der Waals surface area contributed by atoms with E-state index in [0.29, 0.717) is 18.3 Å². The summed E-state index contributed by atoms with van der Waals surface area (Å²) in [4.78, 5) is 8.01. The molecule has 0 aliphatic rings. The number of nitrogens with zero attached hydrogens (tertiary/aromatic N) is 4. The summed E-state index contributed by atoms with van der Waals surface area (Å²) in [5.41, 5.74) is 6.29. The van der Waals surface area contributed by atoms with Crippen molar-refractivity contribution in [2.45, 2.75) is 6.54 Å². The van der Waals surface area contributed by atoms with Gasteiger partial charge in [0, 0.05) is 31.5 Å². The molecule has 2 aromatic rings. The topological polar surface area (TPSA) is 78.9 Å². The molecule has 0 unspecified atom stereocenters. The molecule has 2 heterocycles. The normalized spacial score (nSPS) is 10.3. The predicted octanol–water partition coefficient (Wildman–Crippen LogP) is 0.461. The van der Waals surface area contributed by atoms with Crippen LogP contribution in [-0.2, 0) is 13.6 Å². The molecule has 6 heteroatoms. The van der Waals surface area contributed by atoms with E-state index in [1.165, 1.54) is 0 Å². The number of hydrogen-bond acceptors (Lipinski definition) is 5. The highest BCUT2D eigenvalue weighted by Crippen LogP contribution is 2.15. The van der Waals surface area contributed by atoms with Crippen LogP contribution in [0.1, 0.15) is 5.56 Å². The average Bonchev–Trinajstić information content (AvgIpc) is 2.65. The SMILES string of the molecule is Cn1cc(Oc2ncc(CN)cn2)cn1. The van der Waals surface area contributed by atoms with Crippen molar-refractivity contribution in [3.63, 3.8) is 0 Å². The van der Waals surface area contributed by atoms with Gasteiger partial charge in [0.15, 0.2) is 5.75 Å². The maximum absolute atomic E-state index is 5.42. The van der Waals surface area contributed by atoms with Gasteiger partial charge in [-0.05, 0) is 0 Å². The third-order valence-electron chi connectivity index (χ3n) is 1.81. The summed E-state index contributed by atoms with van der Waals surface area (Å²) in [6.45, 7) is 0.424. The van der Waals surface area contributed by atoms with E-state index in [0.717, 1.165) is 5.56 Å². The molecule has 0 aliphatic carbocycles. The zero-order chi connectivity index (χ0) is 10.7. The summed E-state index contributed by atoms with van der Waals surface area (Å²) in [6.07, 6.45) is 6.61. The summed E-state index contributed by atoms with van der Waals surface area (Å²) >= 11 is 0. The van der Waals surface area contributed by atoms with E-state index in [4.69, 9.17) is 10.5 Å². The molecule has 2 aromatic heterocycles. The lowest BCUT2D eigenvalue weighted by molar-refractivity contribution is 0.440. The minimum absolute atomic E-state index is 0.292. The van der Waals surface area contributed by atoms with Crippen LogP contribution in [0.5, 0.6) is 11.8 Å². The van der Waals surface area contributed by atoms with E-state index in [2.05, 4.69) is 15.1 Å². The van der Waals surface area contributed by atoms with E-state index < -0.39 is 0 Å². The van der Waals surface area contributed by atoms with Crippen molar-refractivity contribution in [2.24, 2.45) is 12.8 Å². The first kappa shape index (κ1) is 9.60. The summed E-state index contributed by atoms with van der Waals surface area (Å²) in [7, 11) is 1.81. The Morgan fingerprint density at radius 1 is 1.33 bits per heavy atom. The number of rotatable bonds is 3. The third kappa shape index (κ3) is 2.29. The largest absolute Gasteiger partial charge is 0.421 e. The molecule has 0 bridgehead atoms. The number of aryl methyl sites for hydroxylation is 1. The summed E-state index contributed by atoms with van der Waals surface area (Å²) in [6, 6.07) is 0.292. The monoisotopic (exact) mass is 205 g/mol. The minimum atomic E-state index is 0.292. The van der Waals surface area contributed by atoms with Crippen LogP contribution in [0, 0.1) is 0 Å². The fourth-order valence-electron chi connectivity index (χ4n) is 1.06. The molecule has 0 spiro atoms. The van der Waals surface area contributed by atoms with E-state index in [9.17, 15) is 0 Å². The molecule has 78 valence electrons. The van der Waals surface area contributed by atoms with E-state index in [1.807, 2.05) is 7.05 Å². The summed E-state index contributed by atoms with van der Waals surface area (Å²) in [5.74, 6) is 0.609. The Bertz CT molecular complexity index is 436. The molecule has 0 aliphatic heterocycles. The Morgan fingerprint density at radius 3 is 2.60 bits per heavy atom. The van der Waals surface area contributed by atoms with Crippen molar-refractivity contribution in [3.8, 4) is 11.8 Å². The van der Waals surface area contributed by atoms with Gasteiger partial charge in [-0.25, -0.2) is 9.97 Å². The van der Waals surface area contributed by atoms with Crippen molar-refractivity contribution >= 4 is 0 Å². The van der Waals surface area contributed by atoms with Gasteiger partial charge in [-0.15, -0.1) is 0 Å². The quantitative estimate of drug-likeness (QED) is 0.787. The van der Waals surface area contributed by atoms with Gasteiger partial charge in [-0.3, -0.25) is 4.68 Å². The van der Waals surface area contributed by atoms with Gasteiger partial charge in [-0.2, -0.15) is 5.10 Å². The van der Waals surface area contributed by atoms with Gasteiger partial charge >= 0.3 is 6.01 Å². The van der Waals surface area contributed by atoms with Crippen LogP contribution in [0.25, 0.3) is 0 Å². The van der Waals surface area contributed by atoms with Gasteiger partial charge in [0.25, 0.3) is 0 Å². The van der Waals surface area contributed by atoms with Crippen LogP contribution in [-0.4, -0.2) is 19.7 Å². The second-order valence-electron chi connectivity index (χ2n) is 3.03. The molecule has 6 nitrogen and oxygen atoms in total. The van der Waals surface area contributed by atoms with Gasteiger partial charge in [0.2, 0.25) is 0 Å². The molecule has 2 rings (SSSR count). The Balaban J connectivity index is 2.11. The number of aromatic nitrogens is 4. The van der Waals surface area contributed by atoms with Gasteiger partial charge < -0.3 is 10.5 Å². The van der Waals surface area contributed by atoms with E-state index in [1.54, 1.807) is 29.5 Å². The molecule has 0 amide bonds. The first-order valence-electron chi connectivity index (χ1n) is 4.45. The van der Waals surface area contributed by atoms with Gasteiger partial charge in [0.1, 0.15) is 0 Å². The predicted molar refractivity (Wildman–Crippen MR) is 53.2 cm³/mol. The van der Waals surface area contributed by atoms with Crippen LogP contribution in [0.15, 0.2) is 24.8 Å². The lowest BCUT2D eigenvalue weighted by atomic mass is 10.4. The van der Waals surface area contributed by atoms with Gasteiger partial charge in [0.05, 0.1) is 12.4 Å². The molecule has 0 aromatic carbocycles. The van der Waals surface area contributed by atoms with Crippen molar-refractivity contribution in [2.75, 3.05) is 0 Å². The maximum atomic E-state index is 5.42. The molecule has 2 N–H and O–H groups in total. The zero-order valence-corrected chi connectivity index (χ0v) is 8.29. The maximum Gasteiger partial charge on any atom is 0.321 e. The van der Waals surface area contributed by atoms with Crippen LogP contribution >= 0.6 is 0 Å². The Morgan fingerprint density at radius 2 is 2.07 bits per heavy atom. The molecule has 0 atom stereocenters. The van der Waals surface area contributed by atoms with Crippen molar-refractivity contribution in [1.29, 1.82) is 0 Å². The van der Waals surface area contributed by atoms with Crippen molar-refractivity contribution in [3.05, 3.63) is 30.4 Å². The molecule has 0 fully saturated rings.